The van der Waals surface area contributed by atoms with Crippen LogP contribution >= 0.6 is 23.7 Å². The molecule has 6 heteroatoms. The summed E-state index contributed by atoms with van der Waals surface area (Å²) < 4.78 is 0. The van der Waals surface area contributed by atoms with Crippen molar-refractivity contribution in [2.24, 2.45) is 0 Å². The van der Waals surface area contributed by atoms with Crippen LogP contribution in [0, 0.1) is 0 Å². The molecule has 1 amide bonds. The Morgan fingerprint density at radius 1 is 1.36 bits per heavy atom. The molecule has 118 valence electrons. The van der Waals surface area contributed by atoms with E-state index in [4.69, 9.17) is 0 Å². The van der Waals surface area contributed by atoms with Crippen LogP contribution < -0.4 is 10.6 Å². The van der Waals surface area contributed by atoms with Gasteiger partial charge in [0.2, 0.25) is 5.91 Å². The highest BCUT2D eigenvalue weighted by Gasteiger charge is 2.24. The lowest BCUT2D eigenvalue weighted by molar-refractivity contribution is -0.123. The third-order valence-corrected chi connectivity index (χ3v) is 4.50. The summed E-state index contributed by atoms with van der Waals surface area (Å²) in [4.78, 5) is 12.2. The normalized spacial score (nSPS) is 18.0. The number of halogens is 1. The number of hydrogen-bond donors (Lipinski definition) is 3. The maximum Gasteiger partial charge on any atom is 0.237 e. The van der Waals surface area contributed by atoms with Gasteiger partial charge in [0, 0.05) is 13.1 Å². The van der Waals surface area contributed by atoms with Gasteiger partial charge in [-0.2, -0.15) is 11.3 Å². The highest BCUT2D eigenvalue weighted by Crippen LogP contribution is 2.17. The molecule has 0 bridgehead atoms. The number of amides is 1. The minimum Gasteiger partial charge on any atom is -0.387 e. The number of hydrogen-bond acceptors (Lipinski definition) is 4. The van der Waals surface area contributed by atoms with E-state index in [1.807, 2.05) is 29.0 Å². The average Bonchev–Trinajstić information content (AvgIpc) is 3.06. The van der Waals surface area contributed by atoms with E-state index in [0.717, 1.165) is 5.56 Å². The minimum atomic E-state index is -0.643. The molecular weight excluding hydrogens is 320 g/mol. The van der Waals surface area contributed by atoms with Crippen molar-refractivity contribution in [3.63, 3.8) is 0 Å². The molecule has 1 aromatic carbocycles. The number of nitrogens with one attached hydrogen (secondary N) is 2. The van der Waals surface area contributed by atoms with Crippen molar-refractivity contribution in [3.8, 4) is 0 Å². The zero-order chi connectivity index (χ0) is 14.7. The Kier molecular flexibility index (Phi) is 5.97. The van der Waals surface area contributed by atoms with E-state index < -0.39 is 6.10 Å². The first-order chi connectivity index (χ1) is 10.2. The van der Waals surface area contributed by atoms with Gasteiger partial charge in [0.1, 0.15) is 0 Å². The molecule has 1 aliphatic heterocycles. The van der Waals surface area contributed by atoms with Crippen LogP contribution in [0.3, 0.4) is 0 Å². The summed E-state index contributed by atoms with van der Waals surface area (Å²) in [7, 11) is 0. The fourth-order valence-corrected chi connectivity index (χ4v) is 3.25. The number of carbonyl (C=O) groups is 1. The highest BCUT2D eigenvalue weighted by atomic mass is 35.5. The zero-order valence-corrected chi connectivity index (χ0v) is 13.6. The van der Waals surface area contributed by atoms with E-state index in [2.05, 4.69) is 22.8 Å². The average molecular weight is 339 g/mol. The third-order valence-electron chi connectivity index (χ3n) is 3.80. The molecule has 0 saturated carbocycles. The summed E-state index contributed by atoms with van der Waals surface area (Å²) in [5.74, 6) is -0.0567. The number of fused-ring (bicyclic) bond motifs is 1. The predicted molar refractivity (Wildman–Crippen MR) is 90.3 cm³/mol. The summed E-state index contributed by atoms with van der Waals surface area (Å²) in [5.41, 5.74) is 3.32. The van der Waals surface area contributed by atoms with Gasteiger partial charge in [-0.1, -0.05) is 24.3 Å². The van der Waals surface area contributed by atoms with Gasteiger partial charge in [-0.15, -0.1) is 12.4 Å². The number of benzene rings is 1. The Bertz CT molecular complexity index is 618. The van der Waals surface area contributed by atoms with Crippen molar-refractivity contribution < 1.29 is 9.90 Å². The predicted octanol–water partition coefficient (Wildman–Crippen LogP) is 2.03. The largest absolute Gasteiger partial charge is 0.387 e. The van der Waals surface area contributed by atoms with Crippen molar-refractivity contribution in [2.45, 2.75) is 25.1 Å². The molecule has 0 spiro atoms. The van der Waals surface area contributed by atoms with Gasteiger partial charge in [-0.05, 0) is 39.9 Å². The first kappa shape index (κ1) is 17.0. The van der Waals surface area contributed by atoms with Gasteiger partial charge in [-0.25, -0.2) is 0 Å². The topological polar surface area (TPSA) is 61.4 Å². The molecule has 1 aliphatic rings. The van der Waals surface area contributed by atoms with E-state index in [-0.39, 0.29) is 30.9 Å². The van der Waals surface area contributed by atoms with E-state index in [1.165, 1.54) is 22.5 Å². The first-order valence-electron chi connectivity index (χ1n) is 7.02. The maximum absolute atomic E-state index is 12.2. The van der Waals surface area contributed by atoms with E-state index >= 15 is 0 Å². The molecule has 0 fully saturated rings. The minimum absolute atomic E-state index is 0. The van der Waals surface area contributed by atoms with Crippen molar-refractivity contribution >= 4 is 29.7 Å². The Hall–Kier alpha value is -1.40. The van der Waals surface area contributed by atoms with Crippen LogP contribution in [0.25, 0.3) is 0 Å². The zero-order valence-electron chi connectivity index (χ0n) is 12.0. The molecule has 2 atom stereocenters. The number of thiophene rings is 1. The molecule has 3 rings (SSSR count). The molecule has 3 N–H and O–H groups in total. The molecule has 0 saturated heterocycles. The third kappa shape index (κ3) is 3.87. The van der Waals surface area contributed by atoms with Crippen molar-refractivity contribution in [1.29, 1.82) is 0 Å². The van der Waals surface area contributed by atoms with Gasteiger partial charge in [0.25, 0.3) is 0 Å². The summed E-state index contributed by atoms with van der Waals surface area (Å²) in [6.45, 7) is 0.955. The van der Waals surface area contributed by atoms with Crippen LogP contribution in [0.15, 0.2) is 41.1 Å². The van der Waals surface area contributed by atoms with Gasteiger partial charge in [-0.3, -0.25) is 4.79 Å². The molecule has 0 aliphatic carbocycles. The molecule has 4 nitrogen and oxygen atoms in total. The van der Waals surface area contributed by atoms with Gasteiger partial charge in [0.05, 0.1) is 12.1 Å². The second-order valence-electron chi connectivity index (χ2n) is 5.22. The Balaban J connectivity index is 0.00000176. The summed E-state index contributed by atoms with van der Waals surface area (Å²) in [6, 6.07) is 9.80. The number of rotatable bonds is 4. The van der Waals surface area contributed by atoms with Crippen LogP contribution in [0.4, 0.5) is 0 Å². The molecule has 2 heterocycles. The monoisotopic (exact) mass is 338 g/mol. The SMILES string of the molecule is Cl.O=C(NCC(O)c1ccsc1)C1Cc2ccccc2CN1. The smallest absolute Gasteiger partial charge is 0.237 e. The van der Waals surface area contributed by atoms with Crippen LogP contribution in [-0.2, 0) is 17.8 Å². The molecule has 22 heavy (non-hydrogen) atoms. The second-order valence-corrected chi connectivity index (χ2v) is 6.00. The lowest BCUT2D eigenvalue weighted by Gasteiger charge is -2.25. The number of carbonyl (C=O) groups excluding carboxylic acids is 1. The van der Waals surface area contributed by atoms with Crippen LogP contribution in [0.1, 0.15) is 22.8 Å². The van der Waals surface area contributed by atoms with Crippen molar-refractivity contribution in [3.05, 3.63) is 57.8 Å². The summed E-state index contributed by atoms with van der Waals surface area (Å²) in [5, 5.41) is 19.9. The fourth-order valence-electron chi connectivity index (χ4n) is 2.54. The summed E-state index contributed by atoms with van der Waals surface area (Å²) in [6.07, 6.45) is 0.0485. The van der Waals surface area contributed by atoms with Gasteiger partial charge < -0.3 is 15.7 Å². The molecule has 1 aromatic heterocycles. The second kappa shape index (κ2) is 7.74. The summed E-state index contributed by atoms with van der Waals surface area (Å²) >= 11 is 1.54. The van der Waals surface area contributed by atoms with E-state index in [0.29, 0.717) is 13.0 Å². The van der Waals surface area contributed by atoms with E-state index in [9.17, 15) is 9.90 Å². The first-order valence-corrected chi connectivity index (χ1v) is 7.96. The highest BCUT2D eigenvalue weighted by molar-refractivity contribution is 7.07. The van der Waals surface area contributed by atoms with Crippen LogP contribution in [-0.4, -0.2) is 23.6 Å². The van der Waals surface area contributed by atoms with Crippen molar-refractivity contribution in [1.82, 2.24) is 10.6 Å². The number of aliphatic hydroxyl groups excluding tert-OH is 1. The van der Waals surface area contributed by atoms with Crippen LogP contribution in [0.5, 0.6) is 0 Å². The molecule has 0 radical (unpaired) electrons. The number of aliphatic hydroxyl groups is 1. The quantitative estimate of drug-likeness (QED) is 0.799. The van der Waals surface area contributed by atoms with E-state index in [1.54, 1.807) is 0 Å². The van der Waals surface area contributed by atoms with Gasteiger partial charge in [0.15, 0.2) is 0 Å². The Morgan fingerprint density at radius 2 is 2.14 bits per heavy atom. The standard InChI is InChI=1S/C16H18N2O2S.ClH/c19-15(13-5-6-21-10-13)9-18-16(20)14-7-11-3-1-2-4-12(11)8-17-14;/h1-6,10,14-15,17,19H,7-9H2,(H,18,20);1H. The lowest BCUT2D eigenvalue weighted by Crippen LogP contribution is -2.48. The van der Waals surface area contributed by atoms with Crippen molar-refractivity contribution in [2.75, 3.05) is 6.54 Å². The van der Waals surface area contributed by atoms with Crippen LogP contribution in [0.2, 0.25) is 0 Å². The fraction of sp³-hybridized carbons (Fsp3) is 0.312. The molecule has 2 unspecified atom stereocenters. The Morgan fingerprint density at radius 3 is 2.86 bits per heavy atom. The Labute approximate surface area is 140 Å². The maximum atomic E-state index is 12.2. The molecule has 2 aromatic rings. The van der Waals surface area contributed by atoms with Gasteiger partial charge >= 0.3 is 0 Å². The lowest BCUT2D eigenvalue weighted by atomic mass is 9.95. The molecular formula is C16H19ClN2O2S.